The van der Waals surface area contributed by atoms with Crippen LogP contribution < -0.4 is 15.4 Å². The lowest BCUT2D eigenvalue weighted by Gasteiger charge is -2.15. The summed E-state index contributed by atoms with van der Waals surface area (Å²) in [5, 5.41) is 14.5. The van der Waals surface area contributed by atoms with Gasteiger partial charge in [-0.25, -0.2) is 0 Å². The highest BCUT2D eigenvalue weighted by molar-refractivity contribution is 5.79. The second kappa shape index (κ2) is 7.79. The van der Waals surface area contributed by atoms with Crippen molar-refractivity contribution < 1.29 is 19.4 Å². The number of fused-ring (bicyclic) bond motifs is 1. The van der Waals surface area contributed by atoms with Crippen molar-refractivity contribution >= 4 is 11.9 Å². The van der Waals surface area contributed by atoms with Gasteiger partial charge in [-0.3, -0.25) is 14.9 Å². The number of carboxylic acid groups (broad SMARTS) is 1. The molecule has 0 radical (unpaired) electrons. The summed E-state index contributed by atoms with van der Waals surface area (Å²) in [6.07, 6.45) is 1.97. The van der Waals surface area contributed by atoms with Crippen LogP contribution in [0, 0.1) is 0 Å². The molecule has 0 spiro atoms. The Balaban J connectivity index is 1.69. The molecule has 2 rings (SSSR count). The smallest absolute Gasteiger partial charge is 0.320 e. The summed E-state index contributed by atoms with van der Waals surface area (Å²) in [6, 6.07) is 7.14. The fourth-order valence-electron chi connectivity index (χ4n) is 2.48. The number of hydrogen-bond donors (Lipinski definition) is 3. The number of rotatable bonds is 8. The van der Waals surface area contributed by atoms with Crippen LogP contribution in [0.15, 0.2) is 24.3 Å². The first-order valence-electron chi connectivity index (χ1n) is 7.57. The number of carbonyl (C=O) groups excluding carboxylic acids is 1. The minimum absolute atomic E-state index is 0.00334. The molecule has 1 amide bonds. The van der Waals surface area contributed by atoms with E-state index in [4.69, 9.17) is 9.84 Å². The molecule has 2 atom stereocenters. The summed E-state index contributed by atoms with van der Waals surface area (Å²) < 4.78 is 5.73. The van der Waals surface area contributed by atoms with Crippen LogP contribution in [0.4, 0.5) is 0 Å². The van der Waals surface area contributed by atoms with Crippen LogP contribution in [-0.2, 0) is 16.0 Å². The zero-order valence-electron chi connectivity index (χ0n) is 12.7. The maximum absolute atomic E-state index is 11.8. The van der Waals surface area contributed by atoms with Gasteiger partial charge < -0.3 is 15.2 Å². The molecular formula is C16H22N2O4. The van der Waals surface area contributed by atoms with E-state index in [0.29, 0.717) is 13.0 Å². The monoisotopic (exact) mass is 306 g/mol. The van der Waals surface area contributed by atoms with E-state index >= 15 is 0 Å². The largest absolute Gasteiger partial charge is 0.488 e. The van der Waals surface area contributed by atoms with Gasteiger partial charge in [0.25, 0.3) is 0 Å². The summed E-state index contributed by atoms with van der Waals surface area (Å²) in [6.45, 7) is 2.32. The molecule has 1 aromatic carbocycles. The Morgan fingerprint density at radius 1 is 1.41 bits per heavy atom. The minimum Gasteiger partial charge on any atom is -0.488 e. The molecule has 3 N–H and O–H groups in total. The number of nitrogens with one attached hydrogen (secondary N) is 2. The van der Waals surface area contributed by atoms with Gasteiger partial charge in [-0.05, 0) is 18.1 Å². The number of hydrogen-bond acceptors (Lipinski definition) is 4. The standard InChI is InChI=1S/C16H22N2O4/c1-2-5-13(16(20)21)17-10-15(19)18-9-12-8-11-6-3-4-7-14(11)22-12/h3-4,6-7,12-13,17H,2,5,8-10H2,1H3,(H,18,19)(H,20,21). The van der Waals surface area contributed by atoms with Crippen LogP contribution in [0.25, 0.3) is 0 Å². The molecule has 0 aromatic heterocycles. The molecule has 1 heterocycles. The molecule has 6 nitrogen and oxygen atoms in total. The lowest BCUT2D eigenvalue weighted by Crippen LogP contribution is -2.44. The number of aliphatic carboxylic acids is 1. The Kier molecular flexibility index (Phi) is 5.77. The van der Waals surface area contributed by atoms with Gasteiger partial charge >= 0.3 is 5.97 Å². The first-order valence-corrected chi connectivity index (χ1v) is 7.57. The molecule has 0 bridgehead atoms. The summed E-state index contributed by atoms with van der Waals surface area (Å²) in [5.41, 5.74) is 1.15. The Morgan fingerprint density at radius 3 is 2.86 bits per heavy atom. The molecule has 1 aromatic rings. The van der Waals surface area contributed by atoms with Gasteiger partial charge in [0.1, 0.15) is 17.9 Å². The van der Waals surface area contributed by atoms with Crippen LogP contribution in [-0.4, -0.2) is 42.2 Å². The average Bonchev–Trinajstić information content (AvgIpc) is 2.92. The summed E-state index contributed by atoms with van der Waals surface area (Å²) >= 11 is 0. The lowest BCUT2D eigenvalue weighted by molar-refractivity contribution is -0.139. The fraction of sp³-hybridized carbons (Fsp3) is 0.500. The molecule has 1 aliphatic rings. The van der Waals surface area contributed by atoms with Crippen LogP contribution in [0.5, 0.6) is 5.75 Å². The van der Waals surface area contributed by atoms with Gasteiger partial charge in [-0.2, -0.15) is 0 Å². The van der Waals surface area contributed by atoms with E-state index in [-0.39, 0.29) is 18.6 Å². The number of ether oxygens (including phenoxy) is 1. The zero-order chi connectivity index (χ0) is 15.9. The molecule has 6 heteroatoms. The Bertz CT molecular complexity index is 508. The first kappa shape index (κ1) is 16.3. The van der Waals surface area contributed by atoms with E-state index in [1.807, 2.05) is 31.2 Å². The predicted molar refractivity (Wildman–Crippen MR) is 81.9 cm³/mol. The quantitative estimate of drug-likeness (QED) is 0.665. The van der Waals surface area contributed by atoms with E-state index < -0.39 is 12.0 Å². The van der Waals surface area contributed by atoms with E-state index in [1.54, 1.807) is 0 Å². The van der Waals surface area contributed by atoms with E-state index in [9.17, 15) is 9.59 Å². The van der Waals surface area contributed by atoms with Crippen molar-refractivity contribution in [3.63, 3.8) is 0 Å². The summed E-state index contributed by atoms with van der Waals surface area (Å²) in [7, 11) is 0. The fourth-order valence-corrected chi connectivity index (χ4v) is 2.48. The van der Waals surface area contributed by atoms with Crippen molar-refractivity contribution in [2.24, 2.45) is 0 Å². The first-order chi connectivity index (χ1) is 10.6. The maximum Gasteiger partial charge on any atom is 0.320 e. The highest BCUT2D eigenvalue weighted by Gasteiger charge is 2.23. The maximum atomic E-state index is 11.8. The second-order valence-electron chi connectivity index (χ2n) is 5.42. The van der Waals surface area contributed by atoms with Crippen molar-refractivity contribution in [2.45, 2.75) is 38.3 Å². The van der Waals surface area contributed by atoms with E-state index in [0.717, 1.165) is 24.2 Å². The normalized spacial score (nSPS) is 17.4. The Hall–Kier alpha value is -2.08. The summed E-state index contributed by atoms with van der Waals surface area (Å²) in [4.78, 5) is 22.8. The SMILES string of the molecule is CCCC(NCC(=O)NCC1Cc2ccccc2O1)C(=O)O. The molecule has 2 unspecified atom stereocenters. The third-order valence-corrected chi connectivity index (χ3v) is 3.63. The number of carbonyl (C=O) groups is 2. The van der Waals surface area contributed by atoms with Crippen molar-refractivity contribution in [3.8, 4) is 5.75 Å². The van der Waals surface area contributed by atoms with Gasteiger partial charge in [0.2, 0.25) is 5.91 Å². The number of benzene rings is 1. The van der Waals surface area contributed by atoms with Crippen LogP contribution in [0.1, 0.15) is 25.3 Å². The van der Waals surface area contributed by atoms with Gasteiger partial charge in [-0.1, -0.05) is 31.5 Å². The van der Waals surface area contributed by atoms with E-state index in [2.05, 4.69) is 10.6 Å². The third kappa shape index (κ3) is 4.46. The van der Waals surface area contributed by atoms with Gasteiger partial charge in [-0.15, -0.1) is 0 Å². The molecule has 1 aliphatic heterocycles. The van der Waals surface area contributed by atoms with Gasteiger partial charge in [0.05, 0.1) is 13.1 Å². The molecule has 0 saturated heterocycles. The number of amides is 1. The Labute approximate surface area is 129 Å². The number of para-hydroxylation sites is 1. The molecular weight excluding hydrogens is 284 g/mol. The molecule has 120 valence electrons. The zero-order valence-corrected chi connectivity index (χ0v) is 12.7. The molecule has 0 fully saturated rings. The third-order valence-electron chi connectivity index (χ3n) is 3.63. The predicted octanol–water partition coefficient (Wildman–Crippen LogP) is 0.949. The summed E-state index contributed by atoms with van der Waals surface area (Å²) in [5.74, 6) is -0.278. The van der Waals surface area contributed by atoms with Crippen molar-refractivity contribution in [2.75, 3.05) is 13.1 Å². The second-order valence-corrected chi connectivity index (χ2v) is 5.42. The highest BCUT2D eigenvalue weighted by Crippen LogP contribution is 2.27. The average molecular weight is 306 g/mol. The van der Waals surface area contributed by atoms with Crippen LogP contribution in [0.2, 0.25) is 0 Å². The van der Waals surface area contributed by atoms with Crippen molar-refractivity contribution in [1.82, 2.24) is 10.6 Å². The molecule has 22 heavy (non-hydrogen) atoms. The van der Waals surface area contributed by atoms with Gasteiger partial charge in [0.15, 0.2) is 0 Å². The van der Waals surface area contributed by atoms with Crippen LogP contribution in [0.3, 0.4) is 0 Å². The Morgan fingerprint density at radius 2 is 2.18 bits per heavy atom. The van der Waals surface area contributed by atoms with Crippen molar-refractivity contribution in [1.29, 1.82) is 0 Å². The van der Waals surface area contributed by atoms with Gasteiger partial charge in [0, 0.05) is 6.42 Å². The minimum atomic E-state index is -0.927. The number of carboxylic acids is 1. The highest BCUT2D eigenvalue weighted by atomic mass is 16.5. The van der Waals surface area contributed by atoms with Crippen LogP contribution >= 0.6 is 0 Å². The molecule has 0 aliphatic carbocycles. The van der Waals surface area contributed by atoms with E-state index in [1.165, 1.54) is 0 Å². The topological polar surface area (TPSA) is 87.7 Å². The lowest BCUT2D eigenvalue weighted by atomic mass is 10.1. The molecule has 0 saturated carbocycles. The van der Waals surface area contributed by atoms with Crippen molar-refractivity contribution in [3.05, 3.63) is 29.8 Å².